The van der Waals surface area contributed by atoms with Crippen LogP contribution in [0.4, 0.5) is 0 Å². The second-order valence-electron chi connectivity index (χ2n) is 1.99. The summed E-state index contributed by atoms with van der Waals surface area (Å²) in [5.74, 6) is 0. The van der Waals surface area contributed by atoms with Crippen LogP contribution in [0.2, 0.25) is 0 Å². The van der Waals surface area contributed by atoms with Crippen LogP contribution in [-0.2, 0) is 27.7 Å². The largest absolute Gasteiger partial charge is 1.00 e. The summed E-state index contributed by atoms with van der Waals surface area (Å²) in [6.07, 6.45) is 2.09. The summed E-state index contributed by atoms with van der Waals surface area (Å²) in [6.45, 7) is 0. The zero-order chi connectivity index (χ0) is 7.40. The van der Waals surface area contributed by atoms with Gasteiger partial charge in [-0.3, -0.25) is 0 Å². The van der Waals surface area contributed by atoms with Crippen molar-refractivity contribution in [3.05, 3.63) is 29.8 Å². The number of hydrogen-bond acceptors (Lipinski definition) is 1. The molecule has 11 heavy (non-hydrogen) atoms. The van der Waals surface area contributed by atoms with E-state index in [1.165, 1.54) is 10.5 Å². The fraction of sp³-hybridized carbons (Fsp3) is 0.250. The van der Waals surface area contributed by atoms with E-state index in [9.17, 15) is 0 Å². The first-order chi connectivity index (χ1) is 4.86. The van der Waals surface area contributed by atoms with E-state index in [1.807, 2.05) is 0 Å². The SMILES string of the molecule is CSc1ccc(C[Se])cc1.[Au+]. The Morgan fingerprint density at radius 3 is 2.18 bits per heavy atom. The summed E-state index contributed by atoms with van der Waals surface area (Å²) in [4.78, 5) is 1.33. The van der Waals surface area contributed by atoms with Gasteiger partial charge in [-0.2, -0.15) is 0 Å². The zero-order valence-corrected chi connectivity index (χ0v) is 10.8. The Bertz CT molecular complexity index is 175. The van der Waals surface area contributed by atoms with Gasteiger partial charge >= 0.3 is 96.5 Å². The van der Waals surface area contributed by atoms with Gasteiger partial charge in [0.1, 0.15) is 0 Å². The minimum atomic E-state index is 0. The minimum absolute atomic E-state index is 0. The van der Waals surface area contributed by atoms with E-state index in [4.69, 9.17) is 0 Å². The molecule has 1 aromatic carbocycles. The molecule has 0 aliphatic carbocycles. The average Bonchev–Trinajstić information content (AvgIpc) is 2.05. The molecular weight excluding hydrogens is 404 g/mol. The van der Waals surface area contributed by atoms with Gasteiger partial charge in [0.05, 0.1) is 0 Å². The third-order valence-corrected chi connectivity index (χ3v) is 2.77. The first-order valence-electron chi connectivity index (χ1n) is 3.08. The van der Waals surface area contributed by atoms with Crippen LogP contribution in [-0.4, -0.2) is 22.3 Å². The summed E-state index contributed by atoms with van der Waals surface area (Å²) in [5, 5.41) is 1.01. The molecule has 1 aromatic rings. The fourth-order valence-electron chi connectivity index (χ4n) is 0.722. The normalized spacial score (nSPS) is 8.91. The second-order valence-corrected chi connectivity index (χ2v) is 3.48. The summed E-state index contributed by atoms with van der Waals surface area (Å²) < 4.78 is 0. The molecule has 0 spiro atoms. The van der Waals surface area contributed by atoms with Crippen LogP contribution >= 0.6 is 11.8 Å². The third kappa shape index (κ3) is 3.84. The van der Waals surface area contributed by atoms with Crippen molar-refractivity contribution in [3.8, 4) is 0 Å². The molecule has 0 aromatic heterocycles. The molecule has 0 amide bonds. The van der Waals surface area contributed by atoms with Crippen molar-refractivity contribution >= 4 is 27.8 Å². The summed E-state index contributed by atoms with van der Waals surface area (Å²) in [6, 6.07) is 8.61. The topological polar surface area (TPSA) is 0 Å². The Balaban J connectivity index is 0.000001000. The predicted octanol–water partition coefficient (Wildman–Crippen LogP) is 2.07. The van der Waals surface area contributed by atoms with Gasteiger partial charge in [-0.05, 0) is 0 Å². The van der Waals surface area contributed by atoms with E-state index in [0.717, 1.165) is 5.32 Å². The Morgan fingerprint density at radius 1 is 1.27 bits per heavy atom. The Labute approximate surface area is 95.9 Å². The Kier molecular flexibility index (Phi) is 6.84. The van der Waals surface area contributed by atoms with Gasteiger partial charge in [-0.25, -0.2) is 0 Å². The molecule has 63 valence electrons. The molecule has 1 radical (unpaired) electrons. The van der Waals surface area contributed by atoms with Gasteiger partial charge < -0.3 is 0 Å². The average molecular weight is 413 g/mol. The maximum absolute atomic E-state index is 2.99. The van der Waals surface area contributed by atoms with Gasteiger partial charge in [-0.1, -0.05) is 0 Å². The summed E-state index contributed by atoms with van der Waals surface area (Å²) >= 11 is 4.77. The standard InChI is InChI=1S/C8H9SSe.Au/c1-9-8-4-2-7(6-10)3-5-8;/h2-5H,6H2,1H3;/q;+1. The Hall–Kier alpha value is 0.830. The zero-order valence-electron chi connectivity index (χ0n) is 6.13. The van der Waals surface area contributed by atoms with Crippen LogP contribution in [0.15, 0.2) is 29.2 Å². The van der Waals surface area contributed by atoms with Crippen molar-refractivity contribution in [1.29, 1.82) is 0 Å². The molecule has 0 aliphatic rings. The molecule has 0 fully saturated rings. The maximum atomic E-state index is 2.99. The quantitative estimate of drug-likeness (QED) is 0.529. The van der Waals surface area contributed by atoms with E-state index in [0.29, 0.717) is 0 Å². The molecule has 0 heterocycles. The monoisotopic (exact) mass is 414 g/mol. The van der Waals surface area contributed by atoms with Crippen molar-refractivity contribution < 1.29 is 22.4 Å². The number of thioether (sulfide) groups is 1. The van der Waals surface area contributed by atoms with Crippen LogP contribution in [0, 0.1) is 0 Å². The van der Waals surface area contributed by atoms with Crippen molar-refractivity contribution in [2.24, 2.45) is 0 Å². The van der Waals surface area contributed by atoms with Crippen LogP contribution in [0.3, 0.4) is 0 Å². The molecule has 0 atom stereocenters. The van der Waals surface area contributed by atoms with Gasteiger partial charge in [0.15, 0.2) is 0 Å². The molecular formula is C8H9AuSSe+. The number of benzene rings is 1. The molecule has 3 heteroatoms. The second kappa shape index (κ2) is 6.36. The third-order valence-electron chi connectivity index (χ3n) is 1.33. The van der Waals surface area contributed by atoms with Gasteiger partial charge in [0, 0.05) is 0 Å². The molecule has 0 bridgehead atoms. The number of hydrogen-bond donors (Lipinski definition) is 0. The molecule has 0 N–H and O–H groups in total. The molecule has 0 nitrogen and oxygen atoms in total. The van der Waals surface area contributed by atoms with E-state index < -0.39 is 0 Å². The van der Waals surface area contributed by atoms with Crippen LogP contribution in [0.1, 0.15) is 5.56 Å². The van der Waals surface area contributed by atoms with E-state index in [2.05, 4.69) is 46.5 Å². The van der Waals surface area contributed by atoms with Crippen molar-refractivity contribution in [1.82, 2.24) is 0 Å². The first-order valence-corrected chi connectivity index (χ1v) is 5.51. The van der Waals surface area contributed by atoms with Crippen molar-refractivity contribution in [2.45, 2.75) is 10.2 Å². The van der Waals surface area contributed by atoms with Gasteiger partial charge in [0.25, 0.3) is 0 Å². The fourth-order valence-corrected chi connectivity index (χ4v) is 1.53. The molecule has 0 saturated carbocycles. The smallest absolute Gasteiger partial charge is 1.00 e. The van der Waals surface area contributed by atoms with Crippen molar-refractivity contribution in [3.63, 3.8) is 0 Å². The molecule has 0 unspecified atom stereocenters. The van der Waals surface area contributed by atoms with E-state index in [1.54, 1.807) is 11.8 Å². The summed E-state index contributed by atoms with van der Waals surface area (Å²) in [5.41, 5.74) is 1.36. The van der Waals surface area contributed by atoms with E-state index >= 15 is 0 Å². The molecule has 0 aliphatic heterocycles. The van der Waals surface area contributed by atoms with Crippen LogP contribution in [0.25, 0.3) is 0 Å². The molecule has 1 rings (SSSR count). The van der Waals surface area contributed by atoms with E-state index in [-0.39, 0.29) is 22.4 Å². The van der Waals surface area contributed by atoms with Gasteiger partial charge in [0.2, 0.25) is 0 Å². The van der Waals surface area contributed by atoms with Crippen LogP contribution in [0.5, 0.6) is 0 Å². The van der Waals surface area contributed by atoms with Crippen LogP contribution < -0.4 is 0 Å². The molecule has 0 saturated heterocycles. The minimum Gasteiger partial charge on any atom is 1.00 e. The number of rotatable bonds is 2. The Morgan fingerprint density at radius 2 is 1.82 bits per heavy atom. The van der Waals surface area contributed by atoms with Crippen molar-refractivity contribution in [2.75, 3.05) is 6.26 Å². The first kappa shape index (κ1) is 11.8. The van der Waals surface area contributed by atoms with Gasteiger partial charge in [-0.15, -0.1) is 0 Å². The maximum Gasteiger partial charge on any atom is 1.00 e. The predicted molar refractivity (Wildman–Crippen MR) is 47.7 cm³/mol. The summed E-state index contributed by atoms with van der Waals surface area (Å²) in [7, 11) is 0.